The summed E-state index contributed by atoms with van der Waals surface area (Å²) in [4.78, 5) is 26.7. The van der Waals surface area contributed by atoms with E-state index in [1.54, 1.807) is 23.1 Å². The van der Waals surface area contributed by atoms with Gasteiger partial charge in [0.1, 0.15) is 5.75 Å². The highest BCUT2D eigenvalue weighted by Crippen LogP contribution is 2.34. The minimum atomic E-state index is -0.447. The van der Waals surface area contributed by atoms with E-state index in [4.69, 9.17) is 16.3 Å². The molecule has 3 rings (SSSR count). The zero-order valence-electron chi connectivity index (χ0n) is 14.2. The molecule has 1 aliphatic heterocycles. The molecule has 2 aromatic carbocycles. The average Bonchev–Trinajstić information content (AvgIpc) is 3.00. The SMILES string of the molecule is CCOc1ccccc1N1C[C@@H](C(=O)Nc2ccc(Br)cc2Cl)CC1=O. The third-order valence-electron chi connectivity index (χ3n) is 4.14. The van der Waals surface area contributed by atoms with Crippen molar-refractivity contribution in [3.63, 3.8) is 0 Å². The Hall–Kier alpha value is -2.05. The van der Waals surface area contributed by atoms with Gasteiger partial charge in [0.15, 0.2) is 0 Å². The number of nitrogens with zero attached hydrogens (tertiary/aromatic N) is 1. The lowest BCUT2D eigenvalue weighted by molar-refractivity contribution is -0.122. The summed E-state index contributed by atoms with van der Waals surface area (Å²) in [6.07, 6.45) is 0.153. The molecule has 7 heteroatoms. The summed E-state index contributed by atoms with van der Waals surface area (Å²) >= 11 is 9.48. The molecule has 1 N–H and O–H groups in total. The summed E-state index contributed by atoms with van der Waals surface area (Å²) in [6, 6.07) is 12.6. The molecule has 0 spiro atoms. The van der Waals surface area contributed by atoms with Crippen LogP contribution in [0.15, 0.2) is 46.9 Å². The quantitative estimate of drug-likeness (QED) is 0.749. The van der Waals surface area contributed by atoms with Crippen LogP contribution in [-0.2, 0) is 9.59 Å². The van der Waals surface area contributed by atoms with Crippen molar-refractivity contribution < 1.29 is 14.3 Å². The highest BCUT2D eigenvalue weighted by atomic mass is 79.9. The van der Waals surface area contributed by atoms with Crippen LogP contribution in [0.3, 0.4) is 0 Å². The summed E-state index contributed by atoms with van der Waals surface area (Å²) in [5.74, 6) is -0.129. The largest absolute Gasteiger partial charge is 0.492 e. The second kappa shape index (κ2) is 8.10. The number of halogens is 2. The van der Waals surface area contributed by atoms with E-state index in [1.807, 2.05) is 31.2 Å². The first kappa shape index (κ1) is 18.7. The number of carbonyl (C=O) groups excluding carboxylic acids is 2. The maximum absolute atomic E-state index is 12.6. The number of nitrogens with one attached hydrogen (secondary N) is 1. The van der Waals surface area contributed by atoms with Crippen molar-refractivity contribution in [3.8, 4) is 5.75 Å². The molecule has 1 saturated heterocycles. The fourth-order valence-electron chi connectivity index (χ4n) is 2.90. The molecule has 2 aromatic rings. The molecule has 136 valence electrons. The van der Waals surface area contributed by atoms with E-state index in [2.05, 4.69) is 21.2 Å². The van der Waals surface area contributed by atoms with Gasteiger partial charge in [-0.15, -0.1) is 0 Å². The smallest absolute Gasteiger partial charge is 0.229 e. The van der Waals surface area contributed by atoms with E-state index in [9.17, 15) is 9.59 Å². The molecular weight excluding hydrogens is 420 g/mol. The van der Waals surface area contributed by atoms with Crippen molar-refractivity contribution in [3.05, 3.63) is 52.0 Å². The van der Waals surface area contributed by atoms with E-state index in [1.165, 1.54) is 0 Å². The number of ether oxygens (including phenoxy) is 1. The van der Waals surface area contributed by atoms with Gasteiger partial charge in [0.2, 0.25) is 11.8 Å². The maximum atomic E-state index is 12.6. The molecule has 2 amide bonds. The Morgan fingerprint density at radius 2 is 2.12 bits per heavy atom. The average molecular weight is 438 g/mol. The first-order valence-electron chi connectivity index (χ1n) is 8.27. The highest BCUT2D eigenvalue weighted by molar-refractivity contribution is 9.10. The zero-order valence-corrected chi connectivity index (χ0v) is 16.5. The molecule has 0 unspecified atom stereocenters. The Bertz CT molecular complexity index is 843. The van der Waals surface area contributed by atoms with Crippen LogP contribution in [0.4, 0.5) is 11.4 Å². The van der Waals surface area contributed by atoms with Crippen LogP contribution in [0.1, 0.15) is 13.3 Å². The first-order chi connectivity index (χ1) is 12.5. The van der Waals surface area contributed by atoms with Crippen LogP contribution in [-0.4, -0.2) is 25.0 Å². The minimum Gasteiger partial charge on any atom is -0.492 e. The summed E-state index contributed by atoms with van der Waals surface area (Å²) in [5, 5.41) is 3.25. The molecule has 0 saturated carbocycles. The predicted molar refractivity (Wildman–Crippen MR) is 106 cm³/mol. The van der Waals surface area contributed by atoms with Crippen LogP contribution < -0.4 is 15.0 Å². The number of carbonyl (C=O) groups is 2. The van der Waals surface area contributed by atoms with E-state index >= 15 is 0 Å². The lowest BCUT2D eigenvalue weighted by atomic mass is 10.1. The van der Waals surface area contributed by atoms with E-state index in [0.29, 0.717) is 35.3 Å². The van der Waals surface area contributed by atoms with Crippen LogP contribution in [0.5, 0.6) is 5.75 Å². The Balaban J connectivity index is 1.74. The number of hydrogen-bond donors (Lipinski definition) is 1. The molecule has 1 atom stereocenters. The molecule has 5 nitrogen and oxygen atoms in total. The second-order valence-corrected chi connectivity index (χ2v) is 7.24. The third kappa shape index (κ3) is 4.02. The van der Waals surface area contributed by atoms with Crippen molar-refractivity contribution in [2.24, 2.45) is 5.92 Å². The fourth-order valence-corrected chi connectivity index (χ4v) is 3.62. The minimum absolute atomic E-state index is 0.0980. The van der Waals surface area contributed by atoms with Crippen LogP contribution in [0.25, 0.3) is 0 Å². The monoisotopic (exact) mass is 436 g/mol. The molecule has 1 heterocycles. The summed E-state index contributed by atoms with van der Waals surface area (Å²) in [7, 11) is 0. The van der Waals surface area contributed by atoms with Gasteiger partial charge in [0.25, 0.3) is 0 Å². The van der Waals surface area contributed by atoms with Crippen LogP contribution >= 0.6 is 27.5 Å². The molecule has 0 bridgehead atoms. The van der Waals surface area contributed by atoms with Gasteiger partial charge in [0.05, 0.1) is 28.9 Å². The lowest BCUT2D eigenvalue weighted by Gasteiger charge is -2.20. The number of amides is 2. The number of para-hydroxylation sites is 2. The molecule has 1 aliphatic rings. The standard InChI is InChI=1S/C19H18BrClN2O3/c1-2-26-17-6-4-3-5-16(17)23-11-12(9-18(23)24)19(25)22-15-8-7-13(20)10-14(15)21/h3-8,10,12H,2,9,11H2,1H3,(H,22,25)/t12-/m0/s1. The number of anilines is 2. The molecule has 1 fully saturated rings. The van der Waals surface area contributed by atoms with E-state index < -0.39 is 5.92 Å². The van der Waals surface area contributed by atoms with Crippen molar-refractivity contribution in [1.82, 2.24) is 0 Å². The summed E-state index contributed by atoms with van der Waals surface area (Å²) in [6.45, 7) is 2.70. The van der Waals surface area contributed by atoms with E-state index in [0.717, 1.165) is 4.47 Å². The molecule has 0 aliphatic carbocycles. The summed E-state index contributed by atoms with van der Waals surface area (Å²) < 4.78 is 6.43. The highest BCUT2D eigenvalue weighted by Gasteiger charge is 2.36. The first-order valence-corrected chi connectivity index (χ1v) is 9.44. The number of benzene rings is 2. The summed E-state index contributed by atoms with van der Waals surface area (Å²) in [5.41, 5.74) is 1.22. The van der Waals surface area contributed by atoms with Gasteiger partial charge in [-0.1, -0.05) is 39.7 Å². The van der Waals surface area contributed by atoms with Crippen molar-refractivity contribution in [1.29, 1.82) is 0 Å². The van der Waals surface area contributed by atoms with Gasteiger partial charge in [-0.25, -0.2) is 0 Å². The van der Waals surface area contributed by atoms with Crippen molar-refractivity contribution in [2.75, 3.05) is 23.4 Å². The Kier molecular flexibility index (Phi) is 5.84. The van der Waals surface area contributed by atoms with Crippen LogP contribution in [0, 0.1) is 5.92 Å². The normalized spacial score (nSPS) is 16.7. The molecule has 0 aromatic heterocycles. The lowest BCUT2D eigenvalue weighted by Crippen LogP contribution is -2.28. The van der Waals surface area contributed by atoms with Gasteiger partial charge in [-0.3, -0.25) is 9.59 Å². The predicted octanol–water partition coefficient (Wildman–Crippen LogP) is 4.49. The molecule has 0 radical (unpaired) electrons. The van der Waals surface area contributed by atoms with Gasteiger partial charge in [-0.2, -0.15) is 0 Å². The van der Waals surface area contributed by atoms with Gasteiger partial charge in [-0.05, 0) is 37.3 Å². The third-order valence-corrected chi connectivity index (χ3v) is 4.95. The number of rotatable bonds is 5. The van der Waals surface area contributed by atoms with E-state index in [-0.39, 0.29) is 18.2 Å². The maximum Gasteiger partial charge on any atom is 0.229 e. The number of hydrogen-bond acceptors (Lipinski definition) is 3. The van der Waals surface area contributed by atoms with Crippen LogP contribution in [0.2, 0.25) is 5.02 Å². The Morgan fingerprint density at radius 1 is 1.35 bits per heavy atom. The zero-order chi connectivity index (χ0) is 18.7. The fraction of sp³-hybridized carbons (Fsp3) is 0.263. The van der Waals surface area contributed by atoms with Crippen molar-refractivity contribution >= 4 is 50.7 Å². The Morgan fingerprint density at radius 3 is 2.85 bits per heavy atom. The molecular formula is C19H18BrClN2O3. The van der Waals surface area contributed by atoms with Gasteiger partial charge in [0, 0.05) is 17.4 Å². The second-order valence-electron chi connectivity index (χ2n) is 5.92. The topological polar surface area (TPSA) is 58.6 Å². The van der Waals surface area contributed by atoms with Crippen molar-refractivity contribution in [2.45, 2.75) is 13.3 Å². The Labute approximate surface area is 165 Å². The molecule has 26 heavy (non-hydrogen) atoms. The van der Waals surface area contributed by atoms with Gasteiger partial charge < -0.3 is 15.0 Å². The van der Waals surface area contributed by atoms with Gasteiger partial charge >= 0.3 is 0 Å².